The molecule has 2 nitrogen and oxygen atoms in total. The molecule has 3 N–H and O–H groups in total. The van der Waals surface area contributed by atoms with Crippen LogP contribution in [0.4, 0.5) is 0 Å². The molecule has 3 heteroatoms. The Balaban J connectivity index is 1.64. The molecule has 1 heterocycles. The second kappa shape index (κ2) is 11.0. The number of nitrogens with two attached hydrogens (primary N) is 1. The average molecular weight is 362 g/mol. The lowest BCUT2D eigenvalue weighted by atomic mass is 9.86. The van der Waals surface area contributed by atoms with E-state index in [2.05, 4.69) is 24.0 Å². The van der Waals surface area contributed by atoms with Crippen molar-refractivity contribution in [3.8, 4) is 11.8 Å². The van der Waals surface area contributed by atoms with Crippen LogP contribution in [0.2, 0.25) is 0 Å². The third-order valence-electron chi connectivity index (χ3n) is 5.65. The third kappa shape index (κ3) is 7.52. The summed E-state index contributed by atoms with van der Waals surface area (Å²) in [7, 11) is 0. The number of hydrogen-bond donors (Lipinski definition) is 2. The van der Waals surface area contributed by atoms with E-state index in [1.807, 2.05) is 6.92 Å². The third-order valence-corrected chi connectivity index (χ3v) is 6.71. The van der Waals surface area contributed by atoms with E-state index in [1.165, 1.54) is 56.2 Å². The maximum atomic E-state index is 9.39. The van der Waals surface area contributed by atoms with Crippen LogP contribution < -0.4 is 5.73 Å². The Hall–Kier alpha value is -0.820. The van der Waals surface area contributed by atoms with Gasteiger partial charge in [-0.05, 0) is 43.7 Å². The summed E-state index contributed by atoms with van der Waals surface area (Å²) in [4.78, 5) is 2.48. The van der Waals surface area contributed by atoms with Gasteiger partial charge in [0.15, 0.2) is 0 Å². The van der Waals surface area contributed by atoms with Crippen molar-refractivity contribution in [1.82, 2.24) is 0 Å². The van der Waals surface area contributed by atoms with Crippen LogP contribution in [-0.4, -0.2) is 17.3 Å². The number of hydrogen-bond acceptors (Lipinski definition) is 3. The van der Waals surface area contributed by atoms with E-state index < -0.39 is 5.54 Å². The van der Waals surface area contributed by atoms with Crippen LogP contribution in [0.5, 0.6) is 0 Å². The van der Waals surface area contributed by atoms with Crippen LogP contribution in [-0.2, 0) is 6.42 Å². The van der Waals surface area contributed by atoms with Crippen molar-refractivity contribution >= 4 is 11.3 Å². The van der Waals surface area contributed by atoms with E-state index in [1.54, 1.807) is 11.3 Å². The molecule has 0 aliphatic heterocycles. The summed E-state index contributed by atoms with van der Waals surface area (Å²) in [6.45, 7) is 2.10. The second-order valence-corrected chi connectivity index (χ2v) is 8.86. The Morgan fingerprint density at radius 2 is 2.04 bits per heavy atom. The summed E-state index contributed by atoms with van der Waals surface area (Å²) in [5.41, 5.74) is 5.72. The molecule has 1 aliphatic rings. The predicted octanol–water partition coefficient (Wildman–Crippen LogP) is 5.27. The molecule has 2 rings (SSSR count). The number of aryl methyl sites for hydroxylation is 1. The van der Waals surface area contributed by atoms with Crippen molar-refractivity contribution in [2.24, 2.45) is 11.7 Å². The first-order chi connectivity index (χ1) is 12.1. The molecule has 1 unspecified atom stereocenters. The summed E-state index contributed by atoms with van der Waals surface area (Å²) in [6, 6.07) is 4.28. The lowest BCUT2D eigenvalue weighted by Gasteiger charge is -2.25. The van der Waals surface area contributed by atoms with Gasteiger partial charge in [0, 0.05) is 16.8 Å². The molecule has 0 spiro atoms. The summed E-state index contributed by atoms with van der Waals surface area (Å²) >= 11 is 1.77. The Morgan fingerprint density at radius 1 is 1.24 bits per heavy atom. The molecule has 25 heavy (non-hydrogen) atoms. The second-order valence-electron chi connectivity index (χ2n) is 7.69. The van der Waals surface area contributed by atoms with Crippen molar-refractivity contribution in [3.05, 3.63) is 21.9 Å². The van der Waals surface area contributed by atoms with E-state index in [-0.39, 0.29) is 6.61 Å². The highest BCUT2D eigenvalue weighted by Gasteiger charge is 2.21. The monoisotopic (exact) mass is 361 g/mol. The van der Waals surface area contributed by atoms with E-state index >= 15 is 0 Å². The predicted molar refractivity (Wildman–Crippen MR) is 109 cm³/mol. The van der Waals surface area contributed by atoms with Gasteiger partial charge >= 0.3 is 0 Å². The molecule has 0 bridgehead atoms. The van der Waals surface area contributed by atoms with Gasteiger partial charge in [-0.2, -0.15) is 0 Å². The fourth-order valence-corrected chi connectivity index (χ4v) is 4.47. The average Bonchev–Trinajstić information content (AvgIpc) is 3.11. The number of unbranched alkanes of at least 4 members (excludes halogenated alkanes) is 2. The van der Waals surface area contributed by atoms with E-state index in [0.29, 0.717) is 0 Å². The number of thiophene rings is 1. The Morgan fingerprint density at radius 3 is 2.76 bits per heavy atom. The smallest absolute Gasteiger partial charge is 0.0771 e. The molecular formula is C22H35NOS. The molecule has 1 aromatic rings. The SMILES string of the molecule is CCC(N)(CO)CCc1ccc(C#CCCCCC2CCCCC2)s1. The minimum atomic E-state index is -0.436. The molecule has 0 amide bonds. The molecule has 1 saturated carbocycles. The Bertz CT molecular complexity index is 544. The molecular weight excluding hydrogens is 326 g/mol. The van der Waals surface area contributed by atoms with Gasteiger partial charge in [0.25, 0.3) is 0 Å². The highest BCUT2D eigenvalue weighted by molar-refractivity contribution is 7.12. The first-order valence-corrected chi connectivity index (χ1v) is 10.9. The molecule has 1 fully saturated rings. The van der Waals surface area contributed by atoms with Gasteiger partial charge in [-0.15, -0.1) is 11.3 Å². The van der Waals surface area contributed by atoms with Gasteiger partial charge in [-0.25, -0.2) is 0 Å². The highest BCUT2D eigenvalue weighted by Crippen LogP contribution is 2.27. The maximum Gasteiger partial charge on any atom is 0.0771 e. The zero-order chi connectivity index (χ0) is 18.0. The minimum Gasteiger partial charge on any atom is -0.394 e. The topological polar surface area (TPSA) is 46.2 Å². The first-order valence-electron chi connectivity index (χ1n) is 10.1. The van der Waals surface area contributed by atoms with Gasteiger partial charge < -0.3 is 10.8 Å². The molecule has 1 aromatic heterocycles. The van der Waals surface area contributed by atoms with Crippen molar-refractivity contribution in [3.63, 3.8) is 0 Å². The van der Waals surface area contributed by atoms with Crippen LogP contribution in [0.3, 0.4) is 0 Å². The van der Waals surface area contributed by atoms with Crippen molar-refractivity contribution in [1.29, 1.82) is 0 Å². The maximum absolute atomic E-state index is 9.39. The van der Waals surface area contributed by atoms with E-state index in [9.17, 15) is 5.11 Å². The van der Waals surface area contributed by atoms with Gasteiger partial charge in [-0.3, -0.25) is 0 Å². The zero-order valence-corrected chi connectivity index (χ0v) is 16.7. The zero-order valence-electron chi connectivity index (χ0n) is 15.9. The normalized spacial score (nSPS) is 17.7. The summed E-state index contributed by atoms with van der Waals surface area (Å²) in [5.74, 6) is 7.66. The number of aliphatic hydroxyl groups excluding tert-OH is 1. The lowest BCUT2D eigenvalue weighted by molar-refractivity contribution is 0.183. The molecule has 0 aromatic carbocycles. The highest BCUT2D eigenvalue weighted by atomic mass is 32.1. The molecule has 1 aliphatic carbocycles. The quantitative estimate of drug-likeness (QED) is 0.465. The molecule has 1 atom stereocenters. The van der Waals surface area contributed by atoms with Crippen LogP contribution >= 0.6 is 11.3 Å². The minimum absolute atomic E-state index is 0.0579. The van der Waals surface area contributed by atoms with Crippen molar-refractivity contribution < 1.29 is 5.11 Å². The van der Waals surface area contributed by atoms with Gasteiger partial charge in [0.1, 0.15) is 0 Å². The van der Waals surface area contributed by atoms with Crippen LogP contribution in [0, 0.1) is 17.8 Å². The van der Waals surface area contributed by atoms with E-state index in [4.69, 9.17) is 5.73 Å². The van der Waals surface area contributed by atoms with Crippen LogP contribution in [0.15, 0.2) is 12.1 Å². The number of aliphatic hydroxyl groups is 1. The van der Waals surface area contributed by atoms with Crippen LogP contribution in [0.1, 0.15) is 87.3 Å². The fourth-order valence-electron chi connectivity index (χ4n) is 3.59. The van der Waals surface area contributed by atoms with Crippen molar-refractivity contribution in [2.75, 3.05) is 6.61 Å². The van der Waals surface area contributed by atoms with Crippen molar-refractivity contribution in [2.45, 2.75) is 89.5 Å². The summed E-state index contributed by atoms with van der Waals surface area (Å²) in [6.07, 6.45) is 14.9. The standard InChI is InChI=1S/C22H35NOS/c1-2-22(23,18-24)17-16-21-15-14-20(25-21)13-9-4-3-6-10-19-11-7-5-8-12-19/h14-15,19,24H,2-8,10-12,16-18,23H2,1H3. The van der Waals surface area contributed by atoms with E-state index in [0.717, 1.165) is 36.5 Å². The number of rotatable bonds is 9. The van der Waals surface area contributed by atoms with Crippen LogP contribution in [0.25, 0.3) is 0 Å². The van der Waals surface area contributed by atoms with Gasteiger partial charge in [0.2, 0.25) is 0 Å². The summed E-state index contributed by atoms with van der Waals surface area (Å²) < 4.78 is 0. The Kier molecular flexibility index (Phi) is 9.03. The lowest BCUT2D eigenvalue weighted by Crippen LogP contribution is -2.43. The molecule has 0 radical (unpaired) electrons. The summed E-state index contributed by atoms with van der Waals surface area (Å²) in [5, 5.41) is 9.39. The molecule has 140 valence electrons. The fraction of sp³-hybridized carbons (Fsp3) is 0.727. The molecule has 0 saturated heterocycles. The van der Waals surface area contributed by atoms with Gasteiger partial charge in [0.05, 0.1) is 11.5 Å². The largest absolute Gasteiger partial charge is 0.394 e. The Labute approximate surface area is 158 Å². The van der Waals surface area contributed by atoms with Gasteiger partial charge in [-0.1, -0.05) is 63.7 Å². The first kappa shape index (κ1) is 20.5.